The van der Waals surface area contributed by atoms with Gasteiger partial charge in [-0.25, -0.2) is 0 Å². The summed E-state index contributed by atoms with van der Waals surface area (Å²) < 4.78 is 11.7. The van der Waals surface area contributed by atoms with Gasteiger partial charge in [0.05, 0.1) is 12.6 Å². The Balaban J connectivity index is 0.00000312. The summed E-state index contributed by atoms with van der Waals surface area (Å²) in [6, 6.07) is 6.22. The first-order valence-corrected chi connectivity index (χ1v) is 8.92. The van der Waals surface area contributed by atoms with E-state index in [2.05, 4.69) is 54.2 Å². The van der Waals surface area contributed by atoms with Gasteiger partial charge in [-0.1, -0.05) is 18.2 Å². The second-order valence-electron chi connectivity index (χ2n) is 6.19. The SMILES string of the molecule is CCOC1CCN(C(=NC)NCCOc2c(C)cccc2C)CC1.I. The fourth-order valence-corrected chi connectivity index (χ4v) is 3.15. The Morgan fingerprint density at radius 2 is 1.88 bits per heavy atom. The normalized spacial score (nSPS) is 15.7. The lowest BCUT2D eigenvalue weighted by atomic mass is 10.1. The minimum absolute atomic E-state index is 0. The number of rotatable bonds is 6. The van der Waals surface area contributed by atoms with E-state index in [9.17, 15) is 0 Å². The quantitative estimate of drug-likeness (QED) is 0.306. The number of ether oxygens (including phenoxy) is 2. The van der Waals surface area contributed by atoms with Crippen molar-refractivity contribution >= 4 is 29.9 Å². The largest absolute Gasteiger partial charge is 0.491 e. The van der Waals surface area contributed by atoms with E-state index in [1.165, 1.54) is 11.1 Å². The first kappa shape index (κ1) is 22.0. The number of nitrogens with zero attached hydrogens (tertiary/aromatic N) is 2. The van der Waals surface area contributed by atoms with Gasteiger partial charge < -0.3 is 19.7 Å². The summed E-state index contributed by atoms with van der Waals surface area (Å²) in [5.41, 5.74) is 2.36. The molecule has 1 N–H and O–H groups in total. The fourth-order valence-electron chi connectivity index (χ4n) is 3.15. The third-order valence-corrected chi connectivity index (χ3v) is 4.40. The fraction of sp³-hybridized carbons (Fsp3) is 0.632. The third-order valence-electron chi connectivity index (χ3n) is 4.40. The molecule has 0 bridgehead atoms. The van der Waals surface area contributed by atoms with Crippen molar-refractivity contribution in [2.75, 3.05) is 39.9 Å². The molecule has 6 heteroatoms. The van der Waals surface area contributed by atoms with Gasteiger partial charge in [-0.15, -0.1) is 24.0 Å². The molecule has 0 radical (unpaired) electrons. The molecule has 1 aromatic rings. The molecular weight excluding hydrogens is 429 g/mol. The Kier molecular flexibility index (Phi) is 10.2. The van der Waals surface area contributed by atoms with E-state index in [0.717, 1.165) is 50.8 Å². The minimum atomic E-state index is 0. The lowest BCUT2D eigenvalue weighted by Gasteiger charge is -2.34. The molecule has 2 rings (SSSR count). The van der Waals surface area contributed by atoms with Gasteiger partial charge in [0, 0.05) is 26.7 Å². The predicted molar refractivity (Wildman–Crippen MR) is 114 cm³/mol. The summed E-state index contributed by atoms with van der Waals surface area (Å²) in [4.78, 5) is 6.70. The number of halogens is 1. The van der Waals surface area contributed by atoms with E-state index < -0.39 is 0 Å². The Morgan fingerprint density at radius 3 is 2.44 bits per heavy atom. The molecule has 0 aliphatic carbocycles. The lowest BCUT2D eigenvalue weighted by molar-refractivity contribution is 0.0263. The standard InChI is InChI=1S/C19H31N3O2.HI/c1-5-23-17-9-12-22(13-10-17)19(20-4)21-11-14-24-18-15(2)7-6-8-16(18)3;/h6-8,17H,5,9-14H2,1-4H3,(H,20,21);1H. The van der Waals surface area contributed by atoms with Crippen LogP contribution in [0.5, 0.6) is 5.75 Å². The van der Waals surface area contributed by atoms with E-state index in [1.807, 2.05) is 7.05 Å². The van der Waals surface area contributed by atoms with E-state index in [1.54, 1.807) is 0 Å². The topological polar surface area (TPSA) is 46.1 Å². The Hall–Kier alpha value is -1.02. The van der Waals surface area contributed by atoms with Crippen molar-refractivity contribution in [3.05, 3.63) is 29.3 Å². The number of hydrogen-bond acceptors (Lipinski definition) is 3. The van der Waals surface area contributed by atoms with Crippen molar-refractivity contribution in [1.82, 2.24) is 10.2 Å². The van der Waals surface area contributed by atoms with E-state index in [0.29, 0.717) is 12.7 Å². The highest BCUT2D eigenvalue weighted by Gasteiger charge is 2.21. The van der Waals surface area contributed by atoms with Gasteiger partial charge in [0.2, 0.25) is 0 Å². The van der Waals surface area contributed by atoms with Crippen LogP contribution in [0.25, 0.3) is 0 Å². The number of likely N-dealkylation sites (tertiary alicyclic amines) is 1. The number of piperidine rings is 1. The molecule has 0 aromatic heterocycles. The average molecular weight is 461 g/mol. The molecule has 1 fully saturated rings. The minimum Gasteiger partial charge on any atom is -0.491 e. The lowest BCUT2D eigenvalue weighted by Crippen LogP contribution is -2.47. The van der Waals surface area contributed by atoms with E-state index in [-0.39, 0.29) is 24.0 Å². The average Bonchev–Trinajstić information content (AvgIpc) is 2.58. The first-order chi connectivity index (χ1) is 11.7. The van der Waals surface area contributed by atoms with Crippen LogP contribution in [0.4, 0.5) is 0 Å². The molecule has 1 saturated heterocycles. The highest BCUT2D eigenvalue weighted by Crippen LogP contribution is 2.22. The number of hydrogen-bond donors (Lipinski definition) is 1. The summed E-state index contributed by atoms with van der Waals surface area (Å²) in [5, 5.41) is 3.41. The van der Waals surface area contributed by atoms with Gasteiger partial charge in [0.25, 0.3) is 0 Å². The van der Waals surface area contributed by atoms with Gasteiger partial charge in [-0.3, -0.25) is 4.99 Å². The van der Waals surface area contributed by atoms with Crippen LogP contribution in [0.15, 0.2) is 23.2 Å². The molecule has 5 nitrogen and oxygen atoms in total. The molecule has 0 saturated carbocycles. The smallest absolute Gasteiger partial charge is 0.193 e. The maximum absolute atomic E-state index is 5.94. The first-order valence-electron chi connectivity index (χ1n) is 8.92. The number of guanidine groups is 1. The number of aliphatic imine (C=N–C) groups is 1. The van der Waals surface area contributed by atoms with E-state index >= 15 is 0 Å². The van der Waals surface area contributed by atoms with Crippen molar-refractivity contribution in [3.8, 4) is 5.75 Å². The second kappa shape index (κ2) is 11.6. The molecule has 1 aliphatic heterocycles. The van der Waals surface area contributed by atoms with Crippen LogP contribution in [-0.4, -0.2) is 56.9 Å². The van der Waals surface area contributed by atoms with Gasteiger partial charge in [0.1, 0.15) is 12.4 Å². The molecule has 0 amide bonds. The molecular formula is C19H32IN3O2. The van der Waals surface area contributed by atoms with Gasteiger partial charge in [-0.2, -0.15) is 0 Å². The number of aryl methyl sites for hydroxylation is 2. The highest BCUT2D eigenvalue weighted by molar-refractivity contribution is 14.0. The molecule has 0 atom stereocenters. The van der Waals surface area contributed by atoms with Crippen LogP contribution in [0, 0.1) is 13.8 Å². The molecule has 1 aliphatic rings. The van der Waals surface area contributed by atoms with Crippen LogP contribution in [0.2, 0.25) is 0 Å². The van der Waals surface area contributed by atoms with Crippen LogP contribution >= 0.6 is 24.0 Å². The van der Waals surface area contributed by atoms with Crippen LogP contribution in [0.1, 0.15) is 30.9 Å². The number of nitrogens with one attached hydrogen (secondary N) is 1. The third kappa shape index (κ3) is 6.66. The van der Waals surface area contributed by atoms with Crippen molar-refractivity contribution < 1.29 is 9.47 Å². The van der Waals surface area contributed by atoms with Crippen LogP contribution < -0.4 is 10.1 Å². The van der Waals surface area contributed by atoms with Crippen molar-refractivity contribution in [1.29, 1.82) is 0 Å². The van der Waals surface area contributed by atoms with Crippen LogP contribution in [0.3, 0.4) is 0 Å². The van der Waals surface area contributed by atoms with Gasteiger partial charge in [0.15, 0.2) is 5.96 Å². The maximum atomic E-state index is 5.94. The van der Waals surface area contributed by atoms with Gasteiger partial charge >= 0.3 is 0 Å². The summed E-state index contributed by atoms with van der Waals surface area (Å²) in [7, 11) is 1.84. The Bertz CT molecular complexity index is 523. The van der Waals surface area contributed by atoms with Crippen molar-refractivity contribution in [3.63, 3.8) is 0 Å². The molecule has 1 heterocycles. The van der Waals surface area contributed by atoms with Crippen LogP contribution in [-0.2, 0) is 4.74 Å². The zero-order chi connectivity index (χ0) is 17.4. The molecule has 142 valence electrons. The highest BCUT2D eigenvalue weighted by atomic mass is 127. The maximum Gasteiger partial charge on any atom is 0.193 e. The predicted octanol–water partition coefficient (Wildman–Crippen LogP) is 3.38. The monoisotopic (exact) mass is 461 g/mol. The Labute approximate surface area is 169 Å². The zero-order valence-electron chi connectivity index (χ0n) is 15.9. The molecule has 0 unspecified atom stereocenters. The van der Waals surface area contributed by atoms with Crippen molar-refractivity contribution in [2.45, 2.75) is 39.7 Å². The van der Waals surface area contributed by atoms with Gasteiger partial charge in [-0.05, 0) is 44.7 Å². The van der Waals surface area contributed by atoms with E-state index in [4.69, 9.17) is 9.47 Å². The molecule has 25 heavy (non-hydrogen) atoms. The number of benzene rings is 1. The van der Waals surface area contributed by atoms with Crippen molar-refractivity contribution in [2.24, 2.45) is 4.99 Å². The zero-order valence-corrected chi connectivity index (χ0v) is 18.2. The summed E-state index contributed by atoms with van der Waals surface area (Å²) in [6.07, 6.45) is 2.53. The second-order valence-corrected chi connectivity index (χ2v) is 6.19. The summed E-state index contributed by atoms with van der Waals surface area (Å²) >= 11 is 0. The molecule has 0 spiro atoms. The summed E-state index contributed by atoms with van der Waals surface area (Å²) in [6.45, 7) is 10.4. The number of para-hydroxylation sites is 1. The summed E-state index contributed by atoms with van der Waals surface area (Å²) in [5.74, 6) is 1.95. The Morgan fingerprint density at radius 1 is 1.24 bits per heavy atom. The molecule has 1 aromatic carbocycles.